The summed E-state index contributed by atoms with van der Waals surface area (Å²) < 4.78 is 31.8. The highest BCUT2D eigenvalue weighted by Crippen LogP contribution is 2.16. The predicted molar refractivity (Wildman–Crippen MR) is 78.6 cm³/mol. The first-order valence-electron chi connectivity index (χ1n) is 6.95. The van der Waals surface area contributed by atoms with Crippen molar-refractivity contribution in [3.8, 4) is 0 Å². The summed E-state index contributed by atoms with van der Waals surface area (Å²) in [4.78, 5) is 11.6. The Morgan fingerprint density at radius 1 is 1.43 bits per heavy atom. The van der Waals surface area contributed by atoms with E-state index in [1.54, 1.807) is 12.1 Å². The first-order chi connectivity index (χ1) is 10.0. The van der Waals surface area contributed by atoms with E-state index in [0.29, 0.717) is 12.6 Å². The highest BCUT2D eigenvalue weighted by atomic mass is 32.2. The molecule has 0 aromatic heterocycles. The summed E-state index contributed by atoms with van der Waals surface area (Å²) in [7, 11) is -2.49. The maximum atomic E-state index is 12.3. The number of hydrogen-bond donors (Lipinski definition) is 2. The van der Waals surface area contributed by atoms with Crippen molar-refractivity contribution >= 4 is 16.0 Å². The van der Waals surface area contributed by atoms with Crippen molar-refractivity contribution in [1.82, 2.24) is 10.0 Å². The lowest BCUT2D eigenvalue weighted by Gasteiger charge is -2.12. The number of carbonyl (C=O) groups excluding carboxylic acids is 1. The summed E-state index contributed by atoms with van der Waals surface area (Å²) in [6.07, 6.45) is 2.93. The molecular formula is C14H20N2O4S. The van der Waals surface area contributed by atoms with Crippen LogP contribution in [0.25, 0.3) is 0 Å². The van der Waals surface area contributed by atoms with Gasteiger partial charge < -0.3 is 10.1 Å². The van der Waals surface area contributed by atoms with Crippen LogP contribution < -0.4 is 10.0 Å². The van der Waals surface area contributed by atoms with E-state index in [2.05, 4.69) is 14.8 Å². The number of methoxy groups -OCH3 is 1. The van der Waals surface area contributed by atoms with E-state index in [9.17, 15) is 13.2 Å². The highest BCUT2D eigenvalue weighted by molar-refractivity contribution is 7.89. The fraction of sp³-hybridized carbons (Fsp3) is 0.500. The second kappa shape index (κ2) is 7.02. The lowest BCUT2D eigenvalue weighted by molar-refractivity contribution is 0.0596. The molecule has 1 aromatic carbocycles. The molecule has 7 heteroatoms. The van der Waals surface area contributed by atoms with Gasteiger partial charge in [0.1, 0.15) is 0 Å². The number of benzene rings is 1. The fourth-order valence-corrected chi connectivity index (χ4v) is 3.67. The normalized spacial score (nSPS) is 18.6. The minimum Gasteiger partial charge on any atom is -0.465 e. The van der Waals surface area contributed by atoms with Gasteiger partial charge in [0, 0.05) is 12.6 Å². The number of hydrogen-bond acceptors (Lipinski definition) is 5. The SMILES string of the molecule is COC(=O)c1ccccc1S(=O)(=O)NCC[C@H]1CCCN1. The van der Waals surface area contributed by atoms with Crippen LogP contribution in [0.4, 0.5) is 0 Å². The lowest BCUT2D eigenvalue weighted by atomic mass is 10.2. The van der Waals surface area contributed by atoms with Gasteiger partial charge in [-0.05, 0) is 37.9 Å². The average molecular weight is 312 g/mol. The van der Waals surface area contributed by atoms with E-state index >= 15 is 0 Å². The Hall–Kier alpha value is -1.44. The molecule has 0 spiro atoms. The molecule has 0 saturated carbocycles. The zero-order chi connectivity index (χ0) is 15.3. The summed E-state index contributed by atoms with van der Waals surface area (Å²) in [5.41, 5.74) is 0.0477. The Labute approximate surface area is 124 Å². The summed E-state index contributed by atoms with van der Waals surface area (Å²) in [5.74, 6) is -0.659. The minimum atomic E-state index is -3.72. The molecule has 1 fully saturated rings. The van der Waals surface area contributed by atoms with E-state index in [1.165, 1.54) is 19.2 Å². The van der Waals surface area contributed by atoms with Crippen molar-refractivity contribution in [3.63, 3.8) is 0 Å². The van der Waals surface area contributed by atoms with Crippen LogP contribution in [0.2, 0.25) is 0 Å². The number of carbonyl (C=O) groups is 1. The average Bonchev–Trinajstić information content (AvgIpc) is 2.99. The Bertz CT molecular complexity index is 595. The number of sulfonamides is 1. The van der Waals surface area contributed by atoms with Crippen LogP contribution in [0.5, 0.6) is 0 Å². The number of esters is 1. The van der Waals surface area contributed by atoms with Crippen molar-refractivity contribution in [3.05, 3.63) is 29.8 Å². The number of nitrogens with one attached hydrogen (secondary N) is 2. The van der Waals surface area contributed by atoms with Crippen molar-refractivity contribution in [1.29, 1.82) is 0 Å². The third-order valence-electron chi connectivity index (χ3n) is 3.53. The molecule has 1 aliphatic rings. The standard InChI is InChI=1S/C14H20N2O4S/c1-20-14(17)12-6-2-3-7-13(12)21(18,19)16-10-8-11-5-4-9-15-11/h2-3,6-7,11,15-16H,4-5,8-10H2,1H3/t11-/m1/s1. The van der Waals surface area contributed by atoms with Gasteiger partial charge in [-0.1, -0.05) is 12.1 Å². The molecule has 0 bridgehead atoms. The zero-order valence-electron chi connectivity index (χ0n) is 12.0. The van der Waals surface area contributed by atoms with E-state index in [0.717, 1.165) is 25.8 Å². The van der Waals surface area contributed by atoms with Crippen molar-refractivity contribution in [2.24, 2.45) is 0 Å². The lowest BCUT2D eigenvalue weighted by Crippen LogP contribution is -2.31. The van der Waals surface area contributed by atoms with Gasteiger partial charge in [0.15, 0.2) is 0 Å². The highest BCUT2D eigenvalue weighted by Gasteiger charge is 2.23. The molecule has 0 amide bonds. The number of ether oxygens (including phenoxy) is 1. The number of rotatable bonds is 6. The van der Waals surface area contributed by atoms with Crippen LogP contribution in [-0.4, -0.2) is 40.6 Å². The van der Waals surface area contributed by atoms with Crippen LogP contribution >= 0.6 is 0 Å². The molecule has 2 N–H and O–H groups in total. The topological polar surface area (TPSA) is 84.5 Å². The van der Waals surface area contributed by atoms with Gasteiger partial charge in [-0.2, -0.15) is 0 Å². The summed E-state index contributed by atoms with van der Waals surface area (Å²) in [5, 5.41) is 3.31. The minimum absolute atomic E-state index is 0.0452. The van der Waals surface area contributed by atoms with Gasteiger partial charge in [-0.3, -0.25) is 0 Å². The van der Waals surface area contributed by atoms with Crippen molar-refractivity contribution in [2.45, 2.75) is 30.2 Å². The van der Waals surface area contributed by atoms with Gasteiger partial charge >= 0.3 is 5.97 Å². The monoisotopic (exact) mass is 312 g/mol. The summed E-state index contributed by atoms with van der Waals surface area (Å²) in [6.45, 7) is 1.33. The Kier molecular flexibility index (Phi) is 5.33. The molecule has 21 heavy (non-hydrogen) atoms. The van der Waals surface area contributed by atoms with E-state index in [4.69, 9.17) is 0 Å². The second-order valence-electron chi connectivity index (χ2n) is 4.97. The third kappa shape index (κ3) is 4.03. The molecular weight excluding hydrogens is 292 g/mol. The van der Waals surface area contributed by atoms with Gasteiger partial charge in [0.05, 0.1) is 17.6 Å². The summed E-state index contributed by atoms with van der Waals surface area (Å²) in [6, 6.07) is 6.40. The molecule has 6 nitrogen and oxygen atoms in total. The first-order valence-corrected chi connectivity index (χ1v) is 8.43. The molecule has 1 heterocycles. The Balaban J connectivity index is 2.06. The van der Waals surface area contributed by atoms with Crippen molar-refractivity contribution < 1.29 is 17.9 Å². The Morgan fingerprint density at radius 3 is 2.86 bits per heavy atom. The third-order valence-corrected chi connectivity index (χ3v) is 5.05. The molecule has 1 aromatic rings. The molecule has 1 saturated heterocycles. The molecule has 0 radical (unpaired) electrons. The van der Waals surface area contributed by atoms with Gasteiger partial charge in [-0.15, -0.1) is 0 Å². The maximum absolute atomic E-state index is 12.3. The van der Waals surface area contributed by atoms with Crippen molar-refractivity contribution in [2.75, 3.05) is 20.2 Å². The van der Waals surface area contributed by atoms with E-state index in [1.807, 2.05) is 0 Å². The van der Waals surface area contributed by atoms with Crippen LogP contribution in [0, 0.1) is 0 Å². The maximum Gasteiger partial charge on any atom is 0.339 e. The fourth-order valence-electron chi connectivity index (χ4n) is 2.43. The molecule has 0 unspecified atom stereocenters. The zero-order valence-corrected chi connectivity index (χ0v) is 12.8. The van der Waals surface area contributed by atoms with E-state index in [-0.39, 0.29) is 10.5 Å². The second-order valence-corrected chi connectivity index (χ2v) is 6.70. The van der Waals surface area contributed by atoms with Gasteiger partial charge in [0.25, 0.3) is 0 Å². The smallest absolute Gasteiger partial charge is 0.339 e. The Morgan fingerprint density at radius 2 is 2.19 bits per heavy atom. The largest absolute Gasteiger partial charge is 0.465 e. The molecule has 0 aliphatic carbocycles. The summed E-state index contributed by atoms with van der Waals surface area (Å²) >= 11 is 0. The predicted octanol–water partition coefficient (Wildman–Crippen LogP) is 0.894. The van der Waals surface area contributed by atoms with Gasteiger partial charge in [0.2, 0.25) is 10.0 Å². The van der Waals surface area contributed by atoms with Crippen LogP contribution in [0.15, 0.2) is 29.2 Å². The van der Waals surface area contributed by atoms with Crippen LogP contribution in [0.3, 0.4) is 0 Å². The molecule has 2 rings (SSSR count). The van der Waals surface area contributed by atoms with Crippen LogP contribution in [-0.2, 0) is 14.8 Å². The first kappa shape index (κ1) is 15.9. The van der Waals surface area contributed by atoms with Crippen LogP contribution in [0.1, 0.15) is 29.6 Å². The molecule has 1 atom stereocenters. The quantitative estimate of drug-likeness (QED) is 0.762. The molecule has 1 aliphatic heterocycles. The molecule has 116 valence electrons. The van der Waals surface area contributed by atoms with Gasteiger partial charge in [-0.25, -0.2) is 17.9 Å². The van der Waals surface area contributed by atoms with E-state index < -0.39 is 16.0 Å².